The van der Waals surface area contributed by atoms with Crippen molar-refractivity contribution in [1.29, 1.82) is 5.26 Å². The van der Waals surface area contributed by atoms with Crippen molar-refractivity contribution < 1.29 is 4.79 Å². The Morgan fingerprint density at radius 3 is 2.85 bits per heavy atom. The Morgan fingerprint density at radius 1 is 1.30 bits per heavy atom. The summed E-state index contributed by atoms with van der Waals surface area (Å²) in [6, 6.07) is 9.71. The topological polar surface area (TPSA) is 74.8 Å². The van der Waals surface area contributed by atoms with Crippen LogP contribution < -0.4 is 0 Å². The summed E-state index contributed by atoms with van der Waals surface area (Å²) in [7, 11) is 1.85. The average molecular weight is 357 g/mol. The first-order valence-electron chi connectivity index (χ1n) is 9.23. The zero-order chi connectivity index (χ0) is 18.7. The molecule has 2 aliphatic rings. The summed E-state index contributed by atoms with van der Waals surface area (Å²) in [6.45, 7) is 2.51. The average Bonchev–Trinajstić information content (AvgIpc) is 3.46. The number of fused-ring (bicyclic) bond motifs is 2. The lowest BCUT2D eigenvalue weighted by Gasteiger charge is -2.31. The van der Waals surface area contributed by atoms with Gasteiger partial charge in [-0.15, -0.1) is 0 Å². The fraction of sp³-hybridized carbons (Fsp3) is 0.333. The molecule has 0 bridgehead atoms. The molecule has 0 spiro atoms. The van der Waals surface area contributed by atoms with Crippen LogP contribution in [-0.4, -0.2) is 32.4 Å². The van der Waals surface area contributed by atoms with E-state index < -0.39 is 0 Å². The Morgan fingerprint density at radius 2 is 2.11 bits per heavy atom. The lowest BCUT2D eigenvalue weighted by atomic mass is 10.0. The molecule has 1 aliphatic carbocycles. The Balaban J connectivity index is 1.77. The number of nitriles is 1. The summed E-state index contributed by atoms with van der Waals surface area (Å²) in [5.74, 6) is 1.62. The van der Waals surface area contributed by atoms with Crippen LogP contribution in [0, 0.1) is 11.3 Å². The second-order valence-corrected chi connectivity index (χ2v) is 7.49. The lowest BCUT2D eigenvalue weighted by Crippen LogP contribution is -2.39. The maximum Gasteiger partial charge on any atom is 0.245 e. The zero-order valence-corrected chi connectivity index (χ0v) is 15.3. The monoisotopic (exact) mass is 357 g/mol. The van der Waals surface area contributed by atoms with Crippen molar-refractivity contribution >= 4 is 16.7 Å². The number of carbonyl (C=O) groups is 1. The van der Waals surface area contributed by atoms with Gasteiger partial charge in [0.25, 0.3) is 0 Å². The molecule has 1 amide bonds. The van der Waals surface area contributed by atoms with E-state index in [1.165, 1.54) is 0 Å². The smallest absolute Gasteiger partial charge is 0.245 e. The van der Waals surface area contributed by atoms with Gasteiger partial charge in [0.05, 0.1) is 17.9 Å². The molecule has 3 aromatic rings. The third-order valence-electron chi connectivity index (χ3n) is 5.62. The summed E-state index contributed by atoms with van der Waals surface area (Å²) in [5, 5.41) is 11.1. The van der Waals surface area contributed by atoms with E-state index in [1.807, 2.05) is 26.1 Å². The number of pyridine rings is 1. The summed E-state index contributed by atoms with van der Waals surface area (Å²) < 4.78 is 2.16. The van der Waals surface area contributed by atoms with Crippen molar-refractivity contribution in [3.05, 3.63) is 47.7 Å². The van der Waals surface area contributed by atoms with Gasteiger partial charge in [0.15, 0.2) is 0 Å². The number of likely N-dealkylation sites (N-methyl/N-ethyl adjacent to an activating group) is 1. The van der Waals surface area contributed by atoms with Gasteiger partial charge in [0, 0.05) is 30.1 Å². The Bertz CT molecular complexity index is 1140. The highest BCUT2D eigenvalue weighted by Gasteiger charge is 2.38. The molecule has 134 valence electrons. The first-order valence-corrected chi connectivity index (χ1v) is 9.23. The van der Waals surface area contributed by atoms with Crippen molar-refractivity contribution in [2.24, 2.45) is 0 Å². The van der Waals surface area contributed by atoms with E-state index in [2.05, 4.69) is 21.7 Å². The molecule has 1 atom stereocenters. The van der Waals surface area contributed by atoms with Gasteiger partial charge in [-0.25, -0.2) is 9.97 Å². The molecule has 1 unspecified atom stereocenters. The second-order valence-electron chi connectivity index (χ2n) is 7.49. The van der Waals surface area contributed by atoms with Crippen LogP contribution in [0.5, 0.6) is 0 Å². The molecule has 0 N–H and O–H groups in total. The number of benzene rings is 1. The van der Waals surface area contributed by atoms with Crippen LogP contribution >= 0.6 is 0 Å². The van der Waals surface area contributed by atoms with E-state index in [0.29, 0.717) is 18.2 Å². The van der Waals surface area contributed by atoms with Crippen molar-refractivity contribution in [2.45, 2.75) is 38.3 Å². The molecule has 6 nitrogen and oxygen atoms in total. The quantitative estimate of drug-likeness (QED) is 0.705. The van der Waals surface area contributed by atoms with Gasteiger partial charge in [0.2, 0.25) is 5.91 Å². The van der Waals surface area contributed by atoms with E-state index in [-0.39, 0.29) is 11.9 Å². The molecule has 1 aromatic carbocycles. The van der Waals surface area contributed by atoms with Crippen molar-refractivity contribution in [3.63, 3.8) is 0 Å². The van der Waals surface area contributed by atoms with E-state index in [1.54, 1.807) is 17.2 Å². The molecule has 2 aromatic heterocycles. The lowest BCUT2D eigenvalue weighted by molar-refractivity contribution is -0.135. The Labute approximate surface area is 157 Å². The van der Waals surface area contributed by atoms with E-state index in [9.17, 15) is 4.79 Å². The summed E-state index contributed by atoms with van der Waals surface area (Å²) >= 11 is 0. The minimum Gasteiger partial charge on any atom is -0.338 e. The normalized spacial score (nSPS) is 19.2. The molecule has 1 aliphatic heterocycles. The standard InChI is InChI=1S/C21H19N5O/c1-12-21(27)25(2)11-18-19(24-20(26(12)18)13-6-7-13)16-5-3-4-14-8-15(9-22)23-10-17(14)16/h3-5,8,10,12-13H,6-7,11H2,1-2H3. The first kappa shape index (κ1) is 16.0. The zero-order valence-electron chi connectivity index (χ0n) is 15.3. The summed E-state index contributed by atoms with van der Waals surface area (Å²) in [6.07, 6.45) is 4.03. The van der Waals surface area contributed by atoms with E-state index in [0.717, 1.165) is 46.4 Å². The van der Waals surface area contributed by atoms with E-state index >= 15 is 0 Å². The first-order chi connectivity index (χ1) is 13.1. The van der Waals surface area contributed by atoms with Gasteiger partial charge in [-0.05, 0) is 31.2 Å². The minimum atomic E-state index is -0.228. The molecule has 6 heteroatoms. The van der Waals surface area contributed by atoms with Crippen LogP contribution in [0.1, 0.15) is 48.9 Å². The fourth-order valence-electron chi connectivity index (χ4n) is 4.08. The SMILES string of the molecule is CC1C(=O)N(C)Cc2c(-c3cccc4cc(C#N)ncc34)nc(C3CC3)n21. The molecule has 5 rings (SSSR count). The molecular formula is C21H19N5O. The number of hydrogen-bond acceptors (Lipinski definition) is 4. The highest BCUT2D eigenvalue weighted by atomic mass is 16.2. The number of aromatic nitrogens is 3. The van der Waals surface area contributed by atoms with Gasteiger partial charge in [-0.3, -0.25) is 4.79 Å². The number of amides is 1. The van der Waals surface area contributed by atoms with Gasteiger partial charge >= 0.3 is 0 Å². The van der Waals surface area contributed by atoms with Crippen LogP contribution in [0.25, 0.3) is 22.0 Å². The molecule has 0 saturated heterocycles. The van der Waals surface area contributed by atoms with Crippen molar-refractivity contribution in [3.8, 4) is 17.3 Å². The molecule has 0 radical (unpaired) electrons. The Kier molecular flexibility index (Phi) is 3.35. The predicted molar refractivity (Wildman–Crippen MR) is 101 cm³/mol. The maximum atomic E-state index is 12.5. The molecule has 1 saturated carbocycles. The highest BCUT2D eigenvalue weighted by molar-refractivity contribution is 5.96. The maximum absolute atomic E-state index is 12.5. The van der Waals surface area contributed by atoms with Crippen LogP contribution in [0.2, 0.25) is 0 Å². The number of imidazole rings is 1. The molecule has 1 fully saturated rings. The summed E-state index contributed by atoms with van der Waals surface area (Å²) in [5.41, 5.74) is 3.43. The van der Waals surface area contributed by atoms with Crippen LogP contribution in [0.15, 0.2) is 30.5 Å². The Hall–Kier alpha value is -3.20. The van der Waals surface area contributed by atoms with Crippen molar-refractivity contribution in [1.82, 2.24) is 19.4 Å². The molecule has 27 heavy (non-hydrogen) atoms. The third kappa shape index (κ3) is 2.35. The van der Waals surface area contributed by atoms with E-state index in [4.69, 9.17) is 10.2 Å². The molecular weight excluding hydrogens is 338 g/mol. The van der Waals surface area contributed by atoms with Crippen molar-refractivity contribution in [2.75, 3.05) is 7.05 Å². The fourth-order valence-corrected chi connectivity index (χ4v) is 4.08. The molecule has 3 heterocycles. The van der Waals surface area contributed by atoms with Crippen LogP contribution in [0.3, 0.4) is 0 Å². The second kappa shape index (κ2) is 5.65. The largest absolute Gasteiger partial charge is 0.338 e. The van der Waals surface area contributed by atoms with Crippen LogP contribution in [0.4, 0.5) is 0 Å². The van der Waals surface area contributed by atoms with Gasteiger partial charge < -0.3 is 9.47 Å². The minimum absolute atomic E-state index is 0.131. The van der Waals surface area contributed by atoms with Gasteiger partial charge in [-0.2, -0.15) is 5.26 Å². The number of nitrogens with zero attached hydrogens (tertiary/aromatic N) is 5. The third-order valence-corrected chi connectivity index (χ3v) is 5.62. The van der Waals surface area contributed by atoms with Gasteiger partial charge in [0.1, 0.15) is 23.6 Å². The summed E-state index contributed by atoms with van der Waals surface area (Å²) in [4.78, 5) is 23.6. The number of hydrogen-bond donors (Lipinski definition) is 0. The number of carbonyl (C=O) groups excluding carboxylic acids is 1. The number of rotatable bonds is 2. The van der Waals surface area contributed by atoms with Gasteiger partial charge in [-0.1, -0.05) is 18.2 Å². The van der Waals surface area contributed by atoms with Crippen LogP contribution in [-0.2, 0) is 11.3 Å². The predicted octanol–water partition coefficient (Wildman–Crippen LogP) is 3.38. The highest BCUT2D eigenvalue weighted by Crippen LogP contribution is 2.44.